The summed E-state index contributed by atoms with van der Waals surface area (Å²) in [6, 6.07) is 0.972. The van der Waals surface area contributed by atoms with Gasteiger partial charge in [0, 0.05) is 49.1 Å². The summed E-state index contributed by atoms with van der Waals surface area (Å²) in [5.74, 6) is 1.30. The number of piperidine rings is 1. The molecule has 0 spiro atoms. The lowest BCUT2D eigenvalue weighted by molar-refractivity contribution is -0.135. The molecule has 29 heavy (non-hydrogen) atoms. The number of carbonyl (C=O) groups is 1. The number of carbonyl (C=O) groups excluding carboxylic acids is 1. The van der Waals surface area contributed by atoms with Crippen LogP contribution in [0.5, 0.6) is 0 Å². The maximum absolute atomic E-state index is 12.2. The average Bonchev–Trinajstić information content (AvgIpc) is 3.34. The van der Waals surface area contributed by atoms with Crippen LogP contribution in [0.1, 0.15) is 55.7 Å². The van der Waals surface area contributed by atoms with Gasteiger partial charge in [-0.05, 0) is 12.8 Å². The van der Waals surface area contributed by atoms with Crippen LogP contribution in [0.3, 0.4) is 0 Å². The first-order valence-electron chi connectivity index (χ1n) is 10.6. The number of likely N-dealkylation sites (tertiary alicyclic amines) is 1. The Morgan fingerprint density at radius 2 is 2.00 bits per heavy atom. The van der Waals surface area contributed by atoms with Crippen LogP contribution in [0, 0.1) is 5.92 Å². The number of rotatable bonds is 4. The van der Waals surface area contributed by atoms with Gasteiger partial charge in [-0.2, -0.15) is 10.1 Å². The molecule has 5 rings (SSSR count). The minimum Gasteiger partial charge on any atom is -0.377 e. The zero-order valence-electron chi connectivity index (χ0n) is 17.1. The largest absolute Gasteiger partial charge is 0.377 e. The van der Waals surface area contributed by atoms with Crippen molar-refractivity contribution in [1.82, 2.24) is 24.8 Å². The molecular formula is C20H28N6O3. The molecule has 9 heteroatoms. The summed E-state index contributed by atoms with van der Waals surface area (Å²) < 4.78 is 13.0. The highest BCUT2D eigenvalue weighted by Crippen LogP contribution is 2.30. The standard InChI is InChI=1S/C20H28N6O3/c1-13(2)19(27)24-6-3-14(4-7-24)18-22-20(29-23-18)25-8-5-17-15(10-25)9-21-26(17)16-11-28-12-16/h9,13-14,16H,3-8,10-12H2,1-2H3. The molecule has 156 valence electrons. The van der Waals surface area contributed by atoms with E-state index in [9.17, 15) is 4.79 Å². The number of aromatic nitrogens is 4. The third-order valence-corrected chi connectivity index (χ3v) is 6.30. The lowest BCUT2D eigenvalue weighted by Gasteiger charge is -2.32. The normalized spacial score (nSPS) is 20.8. The van der Waals surface area contributed by atoms with Gasteiger partial charge in [0.2, 0.25) is 5.91 Å². The van der Waals surface area contributed by atoms with Crippen molar-refractivity contribution in [1.29, 1.82) is 0 Å². The molecule has 0 unspecified atom stereocenters. The Hall–Kier alpha value is -2.42. The van der Waals surface area contributed by atoms with Gasteiger partial charge in [-0.15, -0.1) is 0 Å². The van der Waals surface area contributed by atoms with Gasteiger partial charge < -0.3 is 19.1 Å². The Bertz CT molecular complexity index is 879. The third-order valence-electron chi connectivity index (χ3n) is 6.30. The Morgan fingerprint density at radius 1 is 1.21 bits per heavy atom. The second-order valence-electron chi connectivity index (χ2n) is 8.61. The quantitative estimate of drug-likeness (QED) is 0.772. The maximum Gasteiger partial charge on any atom is 0.324 e. The topological polar surface area (TPSA) is 89.5 Å². The zero-order chi connectivity index (χ0) is 20.0. The van der Waals surface area contributed by atoms with Crippen molar-refractivity contribution >= 4 is 11.9 Å². The predicted octanol–water partition coefficient (Wildman–Crippen LogP) is 1.76. The molecule has 0 aliphatic carbocycles. The van der Waals surface area contributed by atoms with Crippen molar-refractivity contribution in [3.8, 4) is 0 Å². The number of hydrogen-bond donors (Lipinski definition) is 0. The molecule has 2 aromatic heterocycles. The van der Waals surface area contributed by atoms with Crippen LogP contribution >= 0.6 is 0 Å². The Morgan fingerprint density at radius 3 is 2.69 bits per heavy atom. The van der Waals surface area contributed by atoms with Crippen molar-refractivity contribution in [2.75, 3.05) is 37.7 Å². The minimum absolute atomic E-state index is 0.0495. The minimum atomic E-state index is 0.0495. The number of amides is 1. The van der Waals surface area contributed by atoms with Crippen molar-refractivity contribution in [3.05, 3.63) is 23.3 Å². The van der Waals surface area contributed by atoms with E-state index in [2.05, 4.69) is 19.8 Å². The molecule has 2 fully saturated rings. The summed E-state index contributed by atoms with van der Waals surface area (Å²) in [7, 11) is 0. The van der Waals surface area contributed by atoms with Crippen molar-refractivity contribution in [2.45, 2.75) is 51.6 Å². The smallest absolute Gasteiger partial charge is 0.324 e. The van der Waals surface area contributed by atoms with Gasteiger partial charge in [0.25, 0.3) is 0 Å². The van der Waals surface area contributed by atoms with Crippen LogP contribution in [-0.4, -0.2) is 63.6 Å². The molecule has 0 atom stereocenters. The highest BCUT2D eigenvalue weighted by atomic mass is 16.5. The van der Waals surface area contributed by atoms with Crippen LogP contribution in [0.4, 0.5) is 6.01 Å². The van der Waals surface area contributed by atoms with E-state index >= 15 is 0 Å². The monoisotopic (exact) mass is 400 g/mol. The molecular weight excluding hydrogens is 372 g/mol. The summed E-state index contributed by atoms with van der Waals surface area (Å²) in [5.41, 5.74) is 2.53. The third kappa shape index (κ3) is 3.41. The van der Waals surface area contributed by atoms with Gasteiger partial charge in [-0.25, -0.2) is 0 Å². The fourth-order valence-corrected chi connectivity index (χ4v) is 4.44. The van der Waals surface area contributed by atoms with Crippen molar-refractivity contribution in [3.63, 3.8) is 0 Å². The lowest BCUT2D eigenvalue weighted by atomic mass is 9.95. The van der Waals surface area contributed by atoms with Gasteiger partial charge in [0.15, 0.2) is 5.82 Å². The highest BCUT2D eigenvalue weighted by Gasteiger charge is 2.31. The molecule has 0 N–H and O–H groups in total. The maximum atomic E-state index is 12.2. The number of nitrogens with zero attached hydrogens (tertiary/aromatic N) is 6. The molecule has 2 saturated heterocycles. The van der Waals surface area contributed by atoms with Crippen LogP contribution < -0.4 is 4.90 Å². The van der Waals surface area contributed by atoms with Gasteiger partial charge in [0.1, 0.15) is 0 Å². The fourth-order valence-electron chi connectivity index (χ4n) is 4.44. The molecule has 0 saturated carbocycles. The number of ether oxygens (including phenoxy) is 1. The van der Waals surface area contributed by atoms with Gasteiger partial charge in [0.05, 0.1) is 32.0 Å². The molecule has 0 aromatic carbocycles. The Labute approximate surface area is 170 Å². The SMILES string of the molecule is CC(C)C(=O)N1CCC(c2noc(N3CCc4c(cnn4C4COC4)C3)n2)CC1. The summed E-state index contributed by atoms with van der Waals surface area (Å²) in [4.78, 5) is 21.0. The molecule has 5 heterocycles. The lowest BCUT2D eigenvalue weighted by Crippen LogP contribution is -2.40. The summed E-state index contributed by atoms with van der Waals surface area (Å²) in [5, 5.41) is 8.83. The molecule has 2 aromatic rings. The number of hydrogen-bond acceptors (Lipinski definition) is 7. The van der Waals surface area contributed by atoms with Crippen LogP contribution in [-0.2, 0) is 22.5 Å². The Kier molecular flexibility index (Phi) is 4.77. The van der Waals surface area contributed by atoms with Gasteiger partial charge in [-0.1, -0.05) is 19.0 Å². The van der Waals surface area contributed by atoms with E-state index in [1.807, 2.05) is 24.9 Å². The predicted molar refractivity (Wildman–Crippen MR) is 105 cm³/mol. The van der Waals surface area contributed by atoms with Gasteiger partial charge >= 0.3 is 6.01 Å². The highest BCUT2D eigenvalue weighted by molar-refractivity contribution is 5.78. The molecule has 3 aliphatic rings. The van der Waals surface area contributed by atoms with Crippen molar-refractivity contribution in [2.24, 2.45) is 5.92 Å². The van der Waals surface area contributed by atoms with Gasteiger partial charge in [-0.3, -0.25) is 9.48 Å². The van der Waals surface area contributed by atoms with E-state index in [1.165, 1.54) is 11.3 Å². The first-order valence-corrected chi connectivity index (χ1v) is 10.6. The van der Waals surface area contributed by atoms with Crippen LogP contribution in [0.25, 0.3) is 0 Å². The van der Waals surface area contributed by atoms with E-state index in [0.29, 0.717) is 12.1 Å². The summed E-state index contributed by atoms with van der Waals surface area (Å²) in [6.45, 7) is 8.53. The summed E-state index contributed by atoms with van der Waals surface area (Å²) in [6.07, 6.45) is 4.65. The first-order chi connectivity index (χ1) is 14.1. The summed E-state index contributed by atoms with van der Waals surface area (Å²) >= 11 is 0. The molecule has 9 nitrogen and oxygen atoms in total. The van der Waals surface area contributed by atoms with E-state index < -0.39 is 0 Å². The average molecular weight is 400 g/mol. The molecule has 0 bridgehead atoms. The van der Waals surface area contributed by atoms with E-state index in [4.69, 9.17) is 14.2 Å². The first kappa shape index (κ1) is 18.6. The fraction of sp³-hybridized carbons (Fsp3) is 0.700. The number of fused-ring (bicyclic) bond motifs is 1. The molecule has 3 aliphatic heterocycles. The van der Waals surface area contributed by atoms with E-state index in [1.54, 1.807) is 0 Å². The second kappa shape index (κ2) is 7.44. The van der Waals surface area contributed by atoms with E-state index in [-0.39, 0.29) is 17.7 Å². The molecule has 1 amide bonds. The number of anilines is 1. The van der Waals surface area contributed by atoms with Crippen LogP contribution in [0.2, 0.25) is 0 Å². The molecule has 0 radical (unpaired) electrons. The van der Waals surface area contributed by atoms with E-state index in [0.717, 1.165) is 64.5 Å². The van der Waals surface area contributed by atoms with Crippen LogP contribution in [0.15, 0.2) is 10.7 Å². The van der Waals surface area contributed by atoms with Crippen molar-refractivity contribution < 1.29 is 14.1 Å². The Balaban J connectivity index is 1.22. The second-order valence-corrected chi connectivity index (χ2v) is 8.61. The zero-order valence-corrected chi connectivity index (χ0v) is 17.1.